The quantitative estimate of drug-likeness (QED) is 0.638. The fourth-order valence-corrected chi connectivity index (χ4v) is 1.14. The van der Waals surface area contributed by atoms with Gasteiger partial charge in [0.1, 0.15) is 0 Å². The molecule has 1 radical (unpaired) electrons. The van der Waals surface area contributed by atoms with Crippen LogP contribution in [0.25, 0.3) is 0 Å². The fourth-order valence-electron chi connectivity index (χ4n) is 0.536. The molecule has 0 aliphatic rings. The molecule has 0 saturated heterocycles. The molecule has 1 aromatic heterocycles. The van der Waals surface area contributed by atoms with Gasteiger partial charge in [-0.1, -0.05) is 0 Å². The molecule has 0 saturated carbocycles. The summed E-state index contributed by atoms with van der Waals surface area (Å²) in [5.41, 5.74) is 0. The summed E-state index contributed by atoms with van der Waals surface area (Å²) in [6.45, 7) is 0.660. The first-order valence-corrected chi connectivity index (χ1v) is 3.57. The van der Waals surface area contributed by atoms with Crippen LogP contribution in [0.1, 0.15) is 5.01 Å². The summed E-state index contributed by atoms with van der Waals surface area (Å²) in [5, 5.41) is 3.07. The lowest BCUT2D eigenvalue weighted by Gasteiger charge is -1.91. The number of nitrogens with zero attached hydrogens (tertiary/aromatic N) is 1. The smallest absolute Gasteiger partial charge is 0.0947 e. The predicted octanol–water partition coefficient (Wildman–Crippen LogP) is 1.49. The van der Waals surface area contributed by atoms with Gasteiger partial charge in [0.05, 0.1) is 18.7 Å². The van der Waals surface area contributed by atoms with Crippen molar-refractivity contribution in [3.8, 4) is 0 Å². The third-order valence-corrected chi connectivity index (χ3v) is 1.78. The zero-order chi connectivity index (χ0) is 6.53. The van der Waals surface area contributed by atoms with E-state index in [4.69, 9.17) is 0 Å². The summed E-state index contributed by atoms with van der Waals surface area (Å²) in [6, 6.07) is 0. The van der Waals surface area contributed by atoms with Crippen LogP contribution < -0.4 is 0 Å². The highest BCUT2D eigenvalue weighted by Crippen LogP contribution is 2.03. The highest BCUT2D eigenvalue weighted by Gasteiger charge is 1.91. The second kappa shape index (κ2) is 3.58. The van der Waals surface area contributed by atoms with E-state index in [0.717, 1.165) is 11.4 Å². The molecule has 0 N–H and O–H groups in total. The Hall–Kier alpha value is -0.410. The fraction of sp³-hybridized carbons (Fsp3) is 0.333. The molecule has 3 heteroatoms. The van der Waals surface area contributed by atoms with Crippen LogP contribution in [0.15, 0.2) is 11.6 Å². The van der Waals surface area contributed by atoms with Crippen molar-refractivity contribution in [2.24, 2.45) is 0 Å². The average Bonchev–Trinajstić information content (AvgIpc) is 2.34. The molecule has 0 bridgehead atoms. The van der Waals surface area contributed by atoms with Gasteiger partial charge in [-0.3, -0.25) is 0 Å². The Balaban J connectivity index is 2.30. The van der Waals surface area contributed by atoms with E-state index >= 15 is 0 Å². The third-order valence-electron chi connectivity index (χ3n) is 0.944. The zero-order valence-corrected chi connectivity index (χ0v) is 5.86. The summed E-state index contributed by atoms with van der Waals surface area (Å²) in [4.78, 5) is 4.06. The van der Waals surface area contributed by atoms with Crippen molar-refractivity contribution in [3.63, 3.8) is 0 Å². The molecule has 1 aromatic rings. The minimum Gasteiger partial charge on any atom is -0.379 e. The van der Waals surface area contributed by atoms with Crippen LogP contribution >= 0.6 is 11.3 Å². The molecule has 0 spiro atoms. The van der Waals surface area contributed by atoms with Gasteiger partial charge in [0.25, 0.3) is 0 Å². The van der Waals surface area contributed by atoms with E-state index in [0.29, 0.717) is 6.61 Å². The van der Waals surface area contributed by atoms with E-state index in [1.165, 1.54) is 0 Å². The van der Waals surface area contributed by atoms with Crippen LogP contribution in [0.3, 0.4) is 0 Å². The largest absolute Gasteiger partial charge is 0.379 e. The molecule has 1 rings (SSSR count). The molecule has 49 valence electrons. The molecule has 0 aliphatic heterocycles. The highest BCUT2D eigenvalue weighted by atomic mass is 32.1. The second-order valence-electron chi connectivity index (χ2n) is 1.58. The molecule has 9 heavy (non-hydrogen) atoms. The number of rotatable bonds is 3. The van der Waals surface area contributed by atoms with E-state index < -0.39 is 0 Å². The lowest BCUT2D eigenvalue weighted by molar-refractivity contribution is 0.246. The maximum Gasteiger partial charge on any atom is 0.0947 e. The Kier molecular flexibility index (Phi) is 2.67. The van der Waals surface area contributed by atoms with Gasteiger partial charge in [-0.15, -0.1) is 11.3 Å². The molecule has 0 amide bonds. The summed E-state index contributed by atoms with van der Waals surface area (Å²) < 4.78 is 4.63. The first kappa shape index (κ1) is 6.71. The molecule has 0 aromatic carbocycles. The third kappa shape index (κ3) is 2.11. The molecular formula is C6H8NOS. The molecule has 0 unspecified atom stereocenters. The molecular weight excluding hydrogens is 134 g/mol. The topological polar surface area (TPSA) is 22.1 Å². The normalized spacial score (nSPS) is 9.89. The first-order chi connectivity index (χ1) is 4.43. The van der Waals surface area contributed by atoms with Gasteiger partial charge in [-0.2, -0.15) is 0 Å². The monoisotopic (exact) mass is 142 g/mol. The lowest BCUT2D eigenvalue weighted by atomic mass is 10.5. The average molecular weight is 142 g/mol. The lowest BCUT2D eigenvalue weighted by Crippen LogP contribution is -1.90. The van der Waals surface area contributed by atoms with Crippen molar-refractivity contribution in [1.29, 1.82) is 0 Å². The van der Waals surface area contributed by atoms with E-state index in [1.54, 1.807) is 17.5 Å². The van der Waals surface area contributed by atoms with Crippen LogP contribution in [-0.4, -0.2) is 11.6 Å². The molecule has 0 fully saturated rings. The maximum atomic E-state index is 4.63. The van der Waals surface area contributed by atoms with E-state index in [2.05, 4.69) is 16.8 Å². The van der Waals surface area contributed by atoms with Crippen LogP contribution in [0.4, 0.5) is 0 Å². The Morgan fingerprint density at radius 3 is 3.22 bits per heavy atom. The van der Waals surface area contributed by atoms with Crippen LogP contribution in [-0.2, 0) is 11.2 Å². The van der Waals surface area contributed by atoms with Gasteiger partial charge in [0.15, 0.2) is 0 Å². The minimum absolute atomic E-state index is 0.660. The van der Waals surface area contributed by atoms with Crippen molar-refractivity contribution >= 4 is 11.3 Å². The predicted molar refractivity (Wildman–Crippen MR) is 37.1 cm³/mol. The van der Waals surface area contributed by atoms with Gasteiger partial charge in [0, 0.05) is 18.0 Å². The van der Waals surface area contributed by atoms with Gasteiger partial charge >= 0.3 is 0 Å². The van der Waals surface area contributed by atoms with Crippen molar-refractivity contribution in [2.75, 3.05) is 6.61 Å². The number of thiazole rings is 1. The van der Waals surface area contributed by atoms with Crippen molar-refractivity contribution in [2.45, 2.75) is 6.42 Å². The van der Waals surface area contributed by atoms with Crippen molar-refractivity contribution in [3.05, 3.63) is 23.7 Å². The number of hydrogen-bond acceptors (Lipinski definition) is 3. The van der Waals surface area contributed by atoms with E-state index in [-0.39, 0.29) is 0 Å². The van der Waals surface area contributed by atoms with Crippen molar-refractivity contribution < 1.29 is 4.74 Å². The van der Waals surface area contributed by atoms with Gasteiger partial charge in [0.2, 0.25) is 0 Å². The van der Waals surface area contributed by atoms with Crippen LogP contribution in [0.5, 0.6) is 0 Å². The van der Waals surface area contributed by atoms with E-state index in [9.17, 15) is 0 Å². The first-order valence-electron chi connectivity index (χ1n) is 2.69. The zero-order valence-electron chi connectivity index (χ0n) is 5.04. The highest BCUT2D eigenvalue weighted by molar-refractivity contribution is 7.09. The maximum absolute atomic E-state index is 4.63. The van der Waals surface area contributed by atoms with Gasteiger partial charge in [-0.25, -0.2) is 4.98 Å². The Morgan fingerprint density at radius 2 is 2.67 bits per heavy atom. The van der Waals surface area contributed by atoms with Crippen LogP contribution in [0, 0.1) is 7.11 Å². The van der Waals surface area contributed by atoms with E-state index in [1.807, 2.05) is 5.38 Å². The molecule has 0 atom stereocenters. The molecule has 1 heterocycles. The Morgan fingerprint density at radius 1 is 1.78 bits per heavy atom. The van der Waals surface area contributed by atoms with Gasteiger partial charge in [-0.05, 0) is 0 Å². The molecule has 2 nitrogen and oxygen atoms in total. The van der Waals surface area contributed by atoms with Gasteiger partial charge < -0.3 is 4.74 Å². The second-order valence-corrected chi connectivity index (χ2v) is 2.56. The number of ether oxygens (including phenoxy) is 1. The summed E-state index contributed by atoms with van der Waals surface area (Å²) in [6.07, 6.45) is 2.67. The summed E-state index contributed by atoms with van der Waals surface area (Å²) in [5.74, 6) is 0. The Bertz CT molecular complexity index is 150. The number of aromatic nitrogens is 1. The van der Waals surface area contributed by atoms with Crippen molar-refractivity contribution in [1.82, 2.24) is 4.98 Å². The number of hydrogen-bond donors (Lipinski definition) is 0. The summed E-state index contributed by atoms with van der Waals surface area (Å²) >= 11 is 1.64. The van der Waals surface area contributed by atoms with Crippen LogP contribution in [0.2, 0.25) is 0 Å². The summed E-state index contributed by atoms with van der Waals surface area (Å²) in [7, 11) is 3.26. The Labute approximate surface area is 58.5 Å². The SMILES string of the molecule is [CH2]OCCc1nccs1. The standard InChI is InChI=1S/C6H8NOS/c1-8-4-2-6-7-3-5-9-6/h3,5H,1-2,4H2. The molecule has 0 aliphatic carbocycles. The minimum atomic E-state index is 0.660.